The van der Waals surface area contributed by atoms with Crippen molar-refractivity contribution in [2.24, 2.45) is 0 Å². The van der Waals surface area contributed by atoms with Crippen molar-refractivity contribution in [2.75, 3.05) is 0 Å². The Hall–Kier alpha value is -1.84. The molecule has 0 fully saturated rings. The van der Waals surface area contributed by atoms with Crippen LogP contribution in [0.4, 0.5) is 0 Å². The Bertz CT molecular complexity index is 527. The third kappa shape index (κ3) is 3.33. The van der Waals surface area contributed by atoms with Crippen LogP contribution in [-0.2, 0) is 0 Å². The summed E-state index contributed by atoms with van der Waals surface area (Å²) in [5, 5.41) is 17.5. The predicted octanol–water partition coefficient (Wildman–Crippen LogP) is 2.69. The van der Waals surface area contributed by atoms with Crippen LogP contribution >= 0.6 is 0 Å². The van der Waals surface area contributed by atoms with Crippen molar-refractivity contribution < 1.29 is 10.0 Å². The van der Waals surface area contributed by atoms with Gasteiger partial charge in [-0.3, -0.25) is 0 Å². The monoisotopic (exact) mass is 238 g/mol. The molecule has 0 radical (unpaired) electrons. The van der Waals surface area contributed by atoms with Gasteiger partial charge in [0.05, 0.1) is 0 Å². The fourth-order valence-electron chi connectivity index (χ4n) is 1.73. The summed E-state index contributed by atoms with van der Waals surface area (Å²) in [7, 11) is -1.40. The second-order valence-electron chi connectivity index (χ2n) is 4.26. The normalized spacial score (nSPS) is 10.8. The molecule has 0 atom stereocenters. The molecular weight excluding hydrogens is 223 g/mol. The van der Waals surface area contributed by atoms with Gasteiger partial charge in [0, 0.05) is 0 Å². The van der Waals surface area contributed by atoms with Crippen molar-refractivity contribution in [1.82, 2.24) is 0 Å². The number of hydrogen-bond donors (Lipinski definition) is 2. The van der Waals surface area contributed by atoms with E-state index in [9.17, 15) is 0 Å². The van der Waals surface area contributed by atoms with E-state index in [0.717, 1.165) is 11.1 Å². The lowest BCUT2D eigenvalue weighted by atomic mass is 9.90. The minimum atomic E-state index is -1.40. The average Bonchev–Trinajstić information content (AvgIpc) is 2.38. The van der Waals surface area contributed by atoms with E-state index in [0.29, 0.717) is 0 Å². The molecule has 0 amide bonds. The molecule has 0 saturated heterocycles. The predicted molar refractivity (Wildman–Crippen MR) is 75.8 cm³/mol. The van der Waals surface area contributed by atoms with Gasteiger partial charge in [0.1, 0.15) is 0 Å². The first-order chi connectivity index (χ1) is 8.65. The molecule has 2 aromatic carbocycles. The highest BCUT2D eigenvalue weighted by atomic mass is 16.4. The van der Waals surface area contributed by atoms with Crippen molar-refractivity contribution >= 4 is 13.2 Å². The second kappa shape index (κ2) is 5.67. The van der Waals surface area contributed by atoms with Crippen LogP contribution in [0.25, 0.3) is 17.2 Å². The van der Waals surface area contributed by atoms with Crippen LogP contribution in [0, 0.1) is 6.92 Å². The lowest BCUT2D eigenvalue weighted by Crippen LogP contribution is -2.05. The maximum atomic E-state index is 8.74. The Morgan fingerprint density at radius 3 is 1.83 bits per heavy atom. The molecule has 2 rings (SSSR count). The van der Waals surface area contributed by atoms with Crippen molar-refractivity contribution in [3.8, 4) is 11.1 Å². The Morgan fingerprint density at radius 2 is 1.33 bits per heavy atom. The van der Waals surface area contributed by atoms with Crippen molar-refractivity contribution in [1.29, 1.82) is 0 Å². The maximum absolute atomic E-state index is 8.74. The zero-order valence-corrected chi connectivity index (χ0v) is 10.2. The zero-order valence-electron chi connectivity index (χ0n) is 10.2. The highest BCUT2D eigenvalue weighted by Crippen LogP contribution is 2.20. The van der Waals surface area contributed by atoms with Gasteiger partial charge in [-0.05, 0) is 23.6 Å². The number of aryl methyl sites for hydroxylation is 1. The Morgan fingerprint density at radius 1 is 0.833 bits per heavy atom. The van der Waals surface area contributed by atoms with Crippen LogP contribution in [0.15, 0.2) is 54.5 Å². The third-order valence-electron chi connectivity index (χ3n) is 2.76. The van der Waals surface area contributed by atoms with Crippen molar-refractivity contribution in [3.63, 3.8) is 0 Å². The van der Waals surface area contributed by atoms with Crippen molar-refractivity contribution in [2.45, 2.75) is 6.92 Å². The quantitative estimate of drug-likeness (QED) is 0.807. The fourth-order valence-corrected chi connectivity index (χ4v) is 1.73. The van der Waals surface area contributed by atoms with E-state index < -0.39 is 7.12 Å². The largest absolute Gasteiger partial charge is 0.480 e. The Kier molecular flexibility index (Phi) is 3.97. The first-order valence-corrected chi connectivity index (χ1v) is 5.86. The lowest BCUT2D eigenvalue weighted by molar-refractivity contribution is 0.424. The van der Waals surface area contributed by atoms with Crippen LogP contribution in [-0.4, -0.2) is 17.2 Å². The summed E-state index contributed by atoms with van der Waals surface area (Å²) in [6.45, 7) is 2.07. The van der Waals surface area contributed by atoms with Crippen LogP contribution in [0.2, 0.25) is 0 Å². The molecule has 2 nitrogen and oxygen atoms in total. The van der Waals surface area contributed by atoms with Gasteiger partial charge < -0.3 is 10.0 Å². The van der Waals surface area contributed by atoms with E-state index in [4.69, 9.17) is 10.0 Å². The maximum Gasteiger partial charge on any atom is 0.480 e. The first kappa shape index (κ1) is 12.6. The summed E-state index contributed by atoms with van der Waals surface area (Å²) < 4.78 is 0. The highest BCUT2D eigenvalue weighted by Gasteiger charge is 1.99. The molecule has 0 unspecified atom stereocenters. The van der Waals surface area contributed by atoms with E-state index in [2.05, 4.69) is 31.2 Å². The molecule has 0 aliphatic rings. The molecule has 0 bridgehead atoms. The molecular formula is C15H15BO2. The molecule has 2 N–H and O–H groups in total. The first-order valence-electron chi connectivity index (χ1n) is 5.86. The van der Waals surface area contributed by atoms with Gasteiger partial charge in [0.25, 0.3) is 0 Å². The van der Waals surface area contributed by atoms with Gasteiger partial charge in [0.2, 0.25) is 0 Å². The van der Waals surface area contributed by atoms with Crippen LogP contribution in [0.5, 0.6) is 0 Å². The zero-order chi connectivity index (χ0) is 13.0. The number of benzene rings is 2. The molecule has 3 heteroatoms. The molecule has 0 aliphatic carbocycles. The molecule has 18 heavy (non-hydrogen) atoms. The minimum absolute atomic E-state index is 0.943. The van der Waals surface area contributed by atoms with Crippen molar-refractivity contribution in [3.05, 3.63) is 65.6 Å². The van der Waals surface area contributed by atoms with E-state index >= 15 is 0 Å². The number of hydrogen-bond acceptors (Lipinski definition) is 2. The van der Waals surface area contributed by atoms with Gasteiger partial charge >= 0.3 is 7.12 Å². The average molecular weight is 238 g/mol. The van der Waals surface area contributed by atoms with Crippen LogP contribution in [0.1, 0.15) is 11.1 Å². The molecule has 0 aliphatic heterocycles. The van der Waals surface area contributed by atoms with E-state index in [1.165, 1.54) is 17.1 Å². The van der Waals surface area contributed by atoms with Gasteiger partial charge in [-0.25, -0.2) is 0 Å². The number of rotatable bonds is 3. The summed E-state index contributed by atoms with van der Waals surface area (Å²) >= 11 is 0. The smallest absolute Gasteiger partial charge is 0.424 e. The summed E-state index contributed by atoms with van der Waals surface area (Å²) in [5.74, 6) is 1.33. The molecule has 0 spiro atoms. The fraction of sp³-hybridized carbons (Fsp3) is 0.0667. The molecule has 2 aromatic rings. The standard InChI is InChI=1S/C15H15BO2/c1-12-2-6-14(7-3-12)15-8-4-13(5-9-15)10-11-16(17)18/h2-11,17-18H,1H3/b11-10+. The van der Waals surface area contributed by atoms with E-state index in [-0.39, 0.29) is 0 Å². The summed E-state index contributed by atoms with van der Waals surface area (Å²) in [5.41, 5.74) is 4.52. The SMILES string of the molecule is Cc1ccc(-c2ccc(/C=C/B(O)O)cc2)cc1. The minimum Gasteiger partial charge on any atom is -0.424 e. The summed E-state index contributed by atoms with van der Waals surface area (Å²) in [4.78, 5) is 0. The van der Waals surface area contributed by atoms with E-state index in [1.807, 2.05) is 24.3 Å². The van der Waals surface area contributed by atoms with Crippen LogP contribution in [0.3, 0.4) is 0 Å². The summed E-state index contributed by atoms with van der Waals surface area (Å²) in [6.07, 6.45) is 1.68. The van der Waals surface area contributed by atoms with Gasteiger partial charge in [-0.15, -0.1) is 0 Å². The van der Waals surface area contributed by atoms with Gasteiger partial charge in [0.15, 0.2) is 0 Å². The summed E-state index contributed by atoms with van der Waals surface area (Å²) in [6, 6.07) is 16.3. The van der Waals surface area contributed by atoms with E-state index in [1.54, 1.807) is 6.08 Å². The van der Waals surface area contributed by atoms with Gasteiger partial charge in [-0.2, -0.15) is 0 Å². The Labute approximate surface area is 107 Å². The van der Waals surface area contributed by atoms with Crippen LogP contribution < -0.4 is 0 Å². The lowest BCUT2D eigenvalue weighted by Gasteiger charge is -2.03. The van der Waals surface area contributed by atoms with Gasteiger partial charge in [-0.1, -0.05) is 66.1 Å². The molecule has 0 heterocycles. The topological polar surface area (TPSA) is 40.5 Å². The highest BCUT2D eigenvalue weighted by molar-refractivity contribution is 6.48. The Balaban J connectivity index is 2.19. The second-order valence-corrected chi connectivity index (χ2v) is 4.26. The molecule has 0 aromatic heterocycles. The third-order valence-corrected chi connectivity index (χ3v) is 2.76. The molecule has 0 saturated carbocycles. The molecule has 90 valence electrons.